The van der Waals surface area contributed by atoms with Gasteiger partial charge in [-0.2, -0.15) is 0 Å². The number of hydrogen-bond acceptors (Lipinski definition) is 6. The van der Waals surface area contributed by atoms with E-state index in [9.17, 15) is 9.59 Å². The van der Waals surface area contributed by atoms with Crippen molar-refractivity contribution in [2.24, 2.45) is 0 Å². The summed E-state index contributed by atoms with van der Waals surface area (Å²) >= 11 is 0. The Kier molecular flexibility index (Phi) is 3.90. The van der Waals surface area contributed by atoms with Crippen molar-refractivity contribution in [2.45, 2.75) is 57.4 Å². The van der Waals surface area contributed by atoms with Crippen molar-refractivity contribution >= 4 is 11.9 Å². The number of aromatic nitrogens is 1. The topological polar surface area (TPSA) is 81.9 Å². The van der Waals surface area contributed by atoms with Gasteiger partial charge < -0.3 is 18.9 Å². The first-order valence-corrected chi connectivity index (χ1v) is 7.50. The van der Waals surface area contributed by atoms with Crippen molar-refractivity contribution in [3.63, 3.8) is 0 Å². The predicted octanol–water partition coefficient (Wildman–Crippen LogP) is 1.31. The number of ether oxygens (including phenoxy) is 2. The predicted molar refractivity (Wildman–Crippen MR) is 75.2 cm³/mol. The van der Waals surface area contributed by atoms with Crippen LogP contribution in [0.25, 0.3) is 0 Å². The van der Waals surface area contributed by atoms with Crippen LogP contribution in [-0.2, 0) is 14.3 Å². The van der Waals surface area contributed by atoms with Crippen molar-refractivity contribution in [2.75, 3.05) is 7.11 Å². The summed E-state index contributed by atoms with van der Waals surface area (Å²) < 4.78 is 15.5. The van der Waals surface area contributed by atoms with E-state index in [0.29, 0.717) is 17.9 Å². The van der Waals surface area contributed by atoms with Gasteiger partial charge in [-0.1, -0.05) is 5.16 Å². The van der Waals surface area contributed by atoms with Crippen molar-refractivity contribution in [1.29, 1.82) is 0 Å². The molecule has 2 aliphatic heterocycles. The Balaban J connectivity index is 1.82. The van der Waals surface area contributed by atoms with E-state index in [2.05, 4.69) is 5.16 Å². The highest BCUT2D eigenvalue weighted by Gasteiger charge is 2.48. The van der Waals surface area contributed by atoms with Gasteiger partial charge in [-0.15, -0.1) is 0 Å². The minimum atomic E-state index is -0.598. The first-order valence-electron chi connectivity index (χ1n) is 7.50. The normalized spacial score (nSPS) is 31.0. The van der Waals surface area contributed by atoms with Crippen molar-refractivity contribution in [3.05, 3.63) is 17.5 Å². The number of methoxy groups -OCH3 is 1. The van der Waals surface area contributed by atoms with Crippen molar-refractivity contribution in [3.8, 4) is 0 Å². The molecule has 0 saturated carbocycles. The Morgan fingerprint density at radius 1 is 1.41 bits per heavy atom. The van der Waals surface area contributed by atoms with Crippen LogP contribution in [0.3, 0.4) is 0 Å². The third kappa shape index (κ3) is 2.49. The Morgan fingerprint density at radius 3 is 2.82 bits per heavy atom. The Hall–Kier alpha value is -1.89. The Labute approximate surface area is 128 Å². The lowest BCUT2D eigenvalue weighted by atomic mass is 9.92. The molecule has 0 unspecified atom stereocenters. The van der Waals surface area contributed by atoms with Gasteiger partial charge in [0.05, 0.1) is 19.3 Å². The zero-order valence-corrected chi connectivity index (χ0v) is 12.9. The molecule has 0 bridgehead atoms. The summed E-state index contributed by atoms with van der Waals surface area (Å²) in [6.07, 6.45) is 1.40. The number of fused-ring (bicyclic) bond motifs is 1. The maximum Gasteiger partial charge on any atom is 0.335 e. The third-order valence-corrected chi connectivity index (χ3v) is 4.47. The highest BCUT2D eigenvalue weighted by Crippen LogP contribution is 2.36. The Bertz CT molecular complexity index is 584. The smallest absolute Gasteiger partial charge is 0.335 e. The lowest BCUT2D eigenvalue weighted by Crippen LogP contribution is -2.53. The molecule has 2 aliphatic rings. The van der Waals surface area contributed by atoms with Gasteiger partial charge in [0, 0.05) is 18.5 Å². The number of rotatable bonds is 2. The molecule has 7 heteroatoms. The van der Waals surface area contributed by atoms with Gasteiger partial charge in [0.2, 0.25) is 0 Å². The molecule has 0 aliphatic carbocycles. The number of esters is 1. The molecule has 3 rings (SSSR count). The second kappa shape index (κ2) is 5.72. The zero-order chi connectivity index (χ0) is 15.9. The maximum absolute atomic E-state index is 12.7. The van der Waals surface area contributed by atoms with Crippen LogP contribution < -0.4 is 0 Å². The second-order valence-corrected chi connectivity index (χ2v) is 5.95. The number of carbonyl (C=O) groups excluding carboxylic acids is 2. The van der Waals surface area contributed by atoms with Gasteiger partial charge >= 0.3 is 5.97 Å². The van der Waals surface area contributed by atoms with Crippen LogP contribution >= 0.6 is 0 Å². The summed E-state index contributed by atoms with van der Waals surface area (Å²) in [4.78, 5) is 26.2. The van der Waals surface area contributed by atoms with E-state index in [-0.39, 0.29) is 30.1 Å². The summed E-state index contributed by atoms with van der Waals surface area (Å²) in [6, 6.07) is 1.58. The number of aryl methyl sites for hydroxylation is 1. The summed E-state index contributed by atoms with van der Waals surface area (Å²) in [6.45, 7) is 3.75. The summed E-state index contributed by atoms with van der Waals surface area (Å²) in [7, 11) is 1.34. The van der Waals surface area contributed by atoms with E-state index in [1.807, 2.05) is 6.92 Å². The number of piperidine rings is 1. The van der Waals surface area contributed by atoms with Gasteiger partial charge in [-0.3, -0.25) is 4.79 Å². The van der Waals surface area contributed by atoms with E-state index in [0.717, 1.165) is 12.8 Å². The standard InChI is InChI=1S/C15H20N2O5/c1-8-4-5-12-11(7-13(21-12)15(19)20-3)17(8)14(18)10-6-9(2)22-16-10/h6,8,11-13H,4-5,7H2,1-3H3/t8-,11+,12-,13-/m0/s1. The first kappa shape index (κ1) is 15.0. The third-order valence-electron chi connectivity index (χ3n) is 4.47. The van der Waals surface area contributed by atoms with Gasteiger partial charge in [-0.05, 0) is 26.7 Å². The summed E-state index contributed by atoms with van der Waals surface area (Å²) in [5.41, 5.74) is 0.298. The fraction of sp³-hybridized carbons (Fsp3) is 0.667. The molecule has 120 valence electrons. The fourth-order valence-electron chi connectivity index (χ4n) is 3.39. The van der Waals surface area contributed by atoms with Gasteiger partial charge in [0.25, 0.3) is 5.91 Å². The van der Waals surface area contributed by atoms with Crippen LogP contribution in [0.5, 0.6) is 0 Å². The number of nitrogens with zero attached hydrogens (tertiary/aromatic N) is 2. The van der Waals surface area contributed by atoms with Crippen LogP contribution in [0.2, 0.25) is 0 Å². The molecule has 0 N–H and O–H groups in total. The minimum Gasteiger partial charge on any atom is -0.467 e. The number of likely N-dealkylation sites (tertiary alicyclic amines) is 1. The number of hydrogen-bond donors (Lipinski definition) is 0. The van der Waals surface area contributed by atoms with Gasteiger partial charge in [0.15, 0.2) is 11.8 Å². The second-order valence-electron chi connectivity index (χ2n) is 5.95. The largest absolute Gasteiger partial charge is 0.467 e. The van der Waals surface area contributed by atoms with Crippen molar-refractivity contribution < 1.29 is 23.6 Å². The molecule has 1 aromatic rings. The van der Waals surface area contributed by atoms with Crippen LogP contribution in [-0.4, -0.2) is 53.3 Å². The van der Waals surface area contributed by atoms with E-state index in [1.165, 1.54) is 7.11 Å². The number of amides is 1. The summed E-state index contributed by atoms with van der Waals surface area (Å²) in [5, 5.41) is 3.81. The molecule has 1 amide bonds. The molecule has 7 nitrogen and oxygen atoms in total. The van der Waals surface area contributed by atoms with Crippen LogP contribution in [0.15, 0.2) is 10.6 Å². The van der Waals surface area contributed by atoms with Gasteiger partial charge in [0.1, 0.15) is 5.76 Å². The van der Waals surface area contributed by atoms with Crippen LogP contribution in [0, 0.1) is 6.92 Å². The SMILES string of the molecule is COC(=O)[C@@H]1C[C@@H]2[C@H](CC[C@H](C)N2C(=O)c2cc(C)on2)O1. The monoisotopic (exact) mass is 308 g/mol. The summed E-state index contributed by atoms with van der Waals surface area (Å²) in [5.74, 6) is 0.0413. The molecule has 4 atom stereocenters. The maximum atomic E-state index is 12.7. The number of carbonyl (C=O) groups is 2. The van der Waals surface area contributed by atoms with E-state index in [4.69, 9.17) is 14.0 Å². The van der Waals surface area contributed by atoms with Crippen LogP contribution in [0.4, 0.5) is 0 Å². The molecule has 2 fully saturated rings. The van der Waals surface area contributed by atoms with Gasteiger partial charge in [-0.25, -0.2) is 4.79 Å². The molecule has 0 spiro atoms. The molecule has 3 heterocycles. The average Bonchev–Trinajstić information content (AvgIpc) is 3.11. The molecular formula is C15H20N2O5. The van der Waals surface area contributed by atoms with E-state index < -0.39 is 6.10 Å². The molecule has 0 radical (unpaired) electrons. The lowest BCUT2D eigenvalue weighted by molar-refractivity contribution is -0.153. The Morgan fingerprint density at radius 2 is 2.18 bits per heavy atom. The fourth-order valence-corrected chi connectivity index (χ4v) is 3.39. The first-order chi connectivity index (χ1) is 10.5. The average molecular weight is 308 g/mol. The van der Waals surface area contributed by atoms with Crippen molar-refractivity contribution in [1.82, 2.24) is 10.1 Å². The highest BCUT2D eigenvalue weighted by atomic mass is 16.6. The molecule has 2 saturated heterocycles. The minimum absolute atomic E-state index is 0.0748. The van der Waals surface area contributed by atoms with Crippen LogP contribution in [0.1, 0.15) is 42.4 Å². The van der Waals surface area contributed by atoms with E-state index >= 15 is 0 Å². The quantitative estimate of drug-likeness (QED) is 0.766. The highest BCUT2D eigenvalue weighted by molar-refractivity contribution is 5.93. The molecular weight excluding hydrogens is 288 g/mol. The molecule has 22 heavy (non-hydrogen) atoms. The molecule has 1 aromatic heterocycles. The lowest BCUT2D eigenvalue weighted by Gasteiger charge is -2.41. The zero-order valence-electron chi connectivity index (χ0n) is 12.9. The molecule has 0 aromatic carbocycles. The van der Waals surface area contributed by atoms with E-state index in [1.54, 1.807) is 17.9 Å².